The van der Waals surface area contributed by atoms with Gasteiger partial charge in [0.05, 0.1) is 0 Å². The number of ether oxygens (including phenoxy) is 2. The van der Waals surface area contributed by atoms with Crippen molar-refractivity contribution < 1.29 is 14.3 Å². The summed E-state index contributed by atoms with van der Waals surface area (Å²) in [6.07, 6.45) is 2.65. The lowest BCUT2D eigenvalue weighted by molar-refractivity contribution is -0.121. The van der Waals surface area contributed by atoms with Crippen LogP contribution in [0.4, 0.5) is 0 Å². The van der Waals surface area contributed by atoms with E-state index in [1.54, 1.807) is 7.05 Å². The van der Waals surface area contributed by atoms with Crippen LogP contribution in [0.2, 0.25) is 0 Å². The number of carbonyl (C=O) groups excluding carboxylic acids is 1. The topological polar surface area (TPSA) is 55.7 Å². The first kappa shape index (κ1) is 16.0. The summed E-state index contributed by atoms with van der Waals surface area (Å²) in [6.45, 7) is 3.78. The molecule has 2 aromatic rings. The number of hydrogen-bond acceptors (Lipinski definition) is 4. The van der Waals surface area contributed by atoms with Gasteiger partial charge in [0, 0.05) is 51.5 Å². The van der Waals surface area contributed by atoms with E-state index < -0.39 is 0 Å². The molecule has 0 unspecified atom stereocenters. The Balaban J connectivity index is 1.52. The Bertz CT molecular complexity index is 771. The van der Waals surface area contributed by atoms with Crippen LogP contribution in [-0.2, 0) is 24.4 Å². The lowest BCUT2D eigenvalue weighted by Gasteiger charge is -2.23. The molecule has 1 atom stereocenters. The van der Waals surface area contributed by atoms with Gasteiger partial charge in [0.15, 0.2) is 11.5 Å². The van der Waals surface area contributed by atoms with Crippen LogP contribution in [0.5, 0.6) is 11.5 Å². The summed E-state index contributed by atoms with van der Waals surface area (Å²) < 4.78 is 13.1. The zero-order valence-electron chi connectivity index (χ0n) is 14.4. The minimum atomic E-state index is 0.101. The highest BCUT2D eigenvalue weighted by atomic mass is 16.7. The average Bonchev–Trinajstić information content (AvgIpc) is 3.20. The van der Waals surface area contributed by atoms with Crippen molar-refractivity contribution in [3.8, 4) is 11.5 Å². The van der Waals surface area contributed by atoms with Gasteiger partial charge in [-0.05, 0) is 35.7 Å². The van der Waals surface area contributed by atoms with Crippen molar-refractivity contribution in [2.24, 2.45) is 5.92 Å². The lowest BCUT2D eigenvalue weighted by atomic mass is 10.0. The number of nitrogens with one attached hydrogen (secondary N) is 1. The summed E-state index contributed by atoms with van der Waals surface area (Å²) in [5.41, 5.74) is 2.49. The standard InChI is InChI=1S/C19H23N3O3/c1-20-19(23)8-15-10-21(12-16-3-2-6-22(16)11-15)9-14-4-5-17-18(7-14)25-13-24-17/h2-7,15H,8-13H2,1H3,(H,20,23)/t15-/m0/s1. The Kier molecular flexibility index (Phi) is 4.36. The molecule has 1 aromatic heterocycles. The van der Waals surface area contributed by atoms with Gasteiger partial charge >= 0.3 is 0 Å². The molecule has 132 valence electrons. The van der Waals surface area contributed by atoms with Crippen molar-refractivity contribution in [2.45, 2.75) is 26.1 Å². The number of carbonyl (C=O) groups is 1. The fraction of sp³-hybridized carbons (Fsp3) is 0.421. The first-order chi connectivity index (χ1) is 12.2. The number of rotatable bonds is 4. The van der Waals surface area contributed by atoms with Crippen molar-refractivity contribution in [3.63, 3.8) is 0 Å². The van der Waals surface area contributed by atoms with E-state index in [2.05, 4.69) is 45.2 Å². The Morgan fingerprint density at radius 3 is 3.00 bits per heavy atom. The van der Waals surface area contributed by atoms with Gasteiger partial charge in [-0.2, -0.15) is 0 Å². The summed E-state index contributed by atoms with van der Waals surface area (Å²) in [4.78, 5) is 14.3. The molecule has 2 aliphatic heterocycles. The molecule has 3 heterocycles. The van der Waals surface area contributed by atoms with Gasteiger partial charge in [-0.25, -0.2) is 0 Å². The molecule has 25 heavy (non-hydrogen) atoms. The Hall–Kier alpha value is -2.47. The fourth-order valence-corrected chi connectivity index (χ4v) is 3.68. The van der Waals surface area contributed by atoms with Crippen LogP contribution >= 0.6 is 0 Å². The van der Waals surface area contributed by atoms with Crippen LogP contribution < -0.4 is 14.8 Å². The normalized spacial score (nSPS) is 19.3. The molecular formula is C19H23N3O3. The molecular weight excluding hydrogens is 318 g/mol. The molecule has 1 N–H and O–H groups in total. The Labute approximate surface area is 147 Å². The molecule has 1 amide bonds. The minimum absolute atomic E-state index is 0.101. The molecule has 0 bridgehead atoms. The van der Waals surface area contributed by atoms with Crippen molar-refractivity contribution in [1.29, 1.82) is 0 Å². The minimum Gasteiger partial charge on any atom is -0.454 e. The van der Waals surface area contributed by atoms with Crippen molar-refractivity contribution >= 4 is 5.91 Å². The maximum Gasteiger partial charge on any atom is 0.231 e. The Morgan fingerprint density at radius 1 is 1.24 bits per heavy atom. The first-order valence-corrected chi connectivity index (χ1v) is 8.67. The third-order valence-corrected chi connectivity index (χ3v) is 4.88. The number of hydrogen-bond donors (Lipinski definition) is 1. The van der Waals surface area contributed by atoms with Gasteiger partial charge in [-0.1, -0.05) is 6.07 Å². The molecule has 2 aliphatic rings. The Morgan fingerprint density at radius 2 is 2.12 bits per heavy atom. The highest BCUT2D eigenvalue weighted by Gasteiger charge is 2.24. The van der Waals surface area contributed by atoms with Gasteiger partial charge in [0.25, 0.3) is 0 Å². The molecule has 0 saturated carbocycles. The SMILES string of the molecule is CNC(=O)C[C@H]1CN(Cc2ccc3c(c2)OCO3)Cc2cccn2C1. The van der Waals surface area contributed by atoms with Crippen LogP contribution in [0, 0.1) is 5.92 Å². The number of aromatic nitrogens is 1. The molecule has 0 spiro atoms. The predicted molar refractivity (Wildman–Crippen MR) is 93.3 cm³/mol. The van der Waals surface area contributed by atoms with E-state index >= 15 is 0 Å². The lowest BCUT2D eigenvalue weighted by Crippen LogP contribution is -2.31. The second-order valence-electron chi connectivity index (χ2n) is 6.75. The maximum atomic E-state index is 11.9. The molecule has 0 radical (unpaired) electrons. The monoisotopic (exact) mass is 341 g/mol. The van der Waals surface area contributed by atoms with Crippen molar-refractivity contribution in [1.82, 2.24) is 14.8 Å². The van der Waals surface area contributed by atoms with Crippen LogP contribution in [0.1, 0.15) is 17.7 Å². The van der Waals surface area contributed by atoms with E-state index in [1.165, 1.54) is 11.3 Å². The molecule has 6 nitrogen and oxygen atoms in total. The smallest absolute Gasteiger partial charge is 0.231 e. The largest absolute Gasteiger partial charge is 0.454 e. The van der Waals surface area contributed by atoms with Crippen LogP contribution in [0.15, 0.2) is 36.5 Å². The molecule has 1 aromatic carbocycles. The summed E-state index contributed by atoms with van der Waals surface area (Å²) in [5.74, 6) is 2.02. The molecule has 0 aliphatic carbocycles. The number of fused-ring (bicyclic) bond motifs is 2. The molecule has 0 saturated heterocycles. The van der Waals surface area contributed by atoms with E-state index in [4.69, 9.17) is 9.47 Å². The van der Waals surface area contributed by atoms with E-state index in [0.717, 1.165) is 37.7 Å². The van der Waals surface area contributed by atoms with Crippen molar-refractivity contribution in [2.75, 3.05) is 20.4 Å². The number of amides is 1. The third-order valence-electron chi connectivity index (χ3n) is 4.88. The van der Waals surface area contributed by atoms with Gasteiger partial charge in [0.2, 0.25) is 12.7 Å². The van der Waals surface area contributed by atoms with Crippen LogP contribution in [-0.4, -0.2) is 35.8 Å². The molecule has 6 heteroatoms. The number of benzene rings is 1. The van der Waals surface area contributed by atoms with E-state index in [0.29, 0.717) is 19.1 Å². The van der Waals surface area contributed by atoms with Crippen LogP contribution in [0.25, 0.3) is 0 Å². The average molecular weight is 341 g/mol. The highest BCUT2D eigenvalue weighted by molar-refractivity contribution is 5.75. The third kappa shape index (κ3) is 3.49. The number of nitrogens with zero attached hydrogens (tertiary/aromatic N) is 2. The molecule has 0 fully saturated rings. The predicted octanol–water partition coefficient (Wildman–Crippen LogP) is 1.98. The summed E-state index contributed by atoms with van der Waals surface area (Å²) in [7, 11) is 1.70. The van der Waals surface area contributed by atoms with Crippen molar-refractivity contribution in [3.05, 3.63) is 47.8 Å². The second kappa shape index (κ2) is 6.80. The summed E-state index contributed by atoms with van der Waals surface area (Å²) >= 11 is 0. The van der Waals surface area contributed by atoms with E-state index in [-0.39, 0.29) is 5.91 Å². The highest BCUT2D eigenvalue weighted by Crippen LogP contribution is 2.33. The quantitative estimate of drug-likeness (QED) is 0.924. The maximum absolute atomic E-state index is 11.9. The zero-order valence-corrected chi connectivity index (χ0v) is 14.4. The van der Waals surface area contributed by atoms with Gasteiger partial charge in [-0.15, -0.1) is 0 Å². The fourth-order valence-electron chi connectivity index (χ4n) is 3.68. The van der Waals surface area contributed by atoms with Crippen LogP contribution in [0.3, 0.4) is 0 Å². The second-order valence-corrected chi connectivity index (χ2v) is 6.75. The van der Waals surface area contributed by atoms with E-state index in [9.17, 15) is 4.79 Å². The first-order valence-electron chi connectivity index (χ1n) is 8.67. The van der Waals surface area contributed by atoms with Gasteiger partial charge in [0.1, 0.15) is 0 Å². The summed E-state index contributed by atoms with van der Waals surface area (Å²) in [6, 6.07) is 10.4. The van der Waals surface area contributed by atoms with E-state index in [1.807, 2.05) is 6.07 Å². The zero-order chi connectivity index (χ0) is 17.2. The molecule has 4 rings (SSSR count). The van der Waals surface area contributed by atoms with Gasteiger partial charge < -0.3 is 19.4 Å². The summed E-state index contributed by atoms with van der Waals surface area (Å²) in [5, 5.41) is 2.75. The van der Waals surface area contributed by atoms with Gasteiger partial charge in [-0.3, -0.25) is 9.69 Å².